The van der Waals surface area contributed by atoms with Crippen molar-refractivity contribution in [1.29, 1.82) is 0 Å². The summed E-state index contributed by atoms with van der Waals surface area (Å²) in [5, 5.41) is 9.55. The van der Waals surface area contributed by atoms with E-state index < -0.39 is 12.0 Å². The highest BCUT2D eigenvalue weighted by atomic mass is 16.4. The minimum absolute atomic E-state index is 0.0958. The maximum Gasteiger partial charge on any atom is 0.326 e. The second-order valence-electron chi connectivity index (χ2n) is 6.19. The van der Waals surface area contributed by atoms with Crippen molar-refractivity contribution in [2.24, 2.45) is 11.8 Å². The summed E-state index contributed by atoms with van der Waals surface area (Å²) < 4.78 is 1.78. The lowest BCUT2D eigenvalue weighted by Gasteiger charge is -2.23. The molecule has 6 nitrogen and oxygen atoms in total. The molecule has 2 aliphatic rings. The number of pyridine rings is 1. The molecule has 4 rings (SSSR count). The smallest absolute Gasteiger partial charge is 0.326 e. The summed E-state index contributed by atoms with van der Waals surface area (Å²) >= 11 is 0. The van der Waals surface area contributed by atoms with Crippen molar-refractivity contribution in [3.05, 3.63) is 36.3 Å². The summed E-state index contributed by atoms with van der Waals surface area (Å²) in [6.45, 7) is 0.536. The predicted octanol–water partition coefficient (Wildman–Crippen LogP) is 1.66. The van der Waals surface area contributed by atoms with E-state index in [9.17, 15) is 14.7 Å². The van der Waals surface area contributed by atoms with Crippen molar-refractivity contribution in [3.8, 4) is 0 Å². The standard InChI is InChI=1S/C16H17N3O3/c20-15(12-9-18-7-2-1-6-13(18)17-12)19-8-10-4-3-5-11(10)14(19)16(21)22/h1-2,6-7,9-11,14H,3-5,8H2,(H,21,22). The van der Waals surface area contributed by atoms with Crippen molar-refractivity contribution >= 4 is 17.5 Å². The number of fused-ring (bicyclic) bond motifs is 2. The molecule has 1 saturated heterocycles. The summed E-state index contributed by atoms with van der Waals surface area (Å²) in [7, 11) is 0. The lowest BCUT2D eigenvalue weighted by Crippen LogP contribution is -2.43. The van der Waals surface area contributed by atoms with E-state index in [4.69, 9.17) is 0 Å². The summed E-state index contributed by atoms with van der Waals surface area (Å²) in [4.78, 5) is 30.2. The third-order valence-electron chi connectivity index (χ3n) is 4.99. The Morgan fingerprint density at radius 3 is 2.91 bits per heavy atom. The molecular weight excluding hydrogens is 282 g/mol. The van der Waals surface area contributed by atoms with Crippen LogP contribution in [0.15, 0.2) is 30.6 Å². The molecule has 114 valence electrons. The van der Waals surface area contributed by atoms with E-state index in [2.05, 4.69) is 4.98 Å². The monoisotopic (exact) mass is 299 g/mol. The number of hydrogen-bond acceptors (Lipinski definition) is 3. The number of hydrogen-bond donors (Lipinski definition) is 1. The molecule has 2 aromatic heterocycles. The van der Waals surface area contributed by atoms with Crippen molar-refractivity contribution in [3.63, 3.8) is 0 Å². The van der Waals surface area contributed by atoms with Crippen LogP contribution in [0, 0.1) is 11.8 Å². The first-order chi connectivity index (χ1) is 10.6. The van der Waals surface area contributed by atoms with Crippen LogP contribution in [-0.4, -0.2) is 43.9 Å². The fourth-order valence-electron chi connectivity index (χ4n) is 4.02. The molecule has 2 aromatic rings. The normalized spacial score (nSPS) is 27.3. The third kappa shape index (κ3) is 1.90. The van der Waals surface area contributed by atoms with Crippen LogP contribution >= 0.6 is 0 Å². The fraction of sp³-hybridized carbons (Fsp3) is 0.438. The lowest BCUT2D eigenvalue weighted by atomic mass is 9.94. The molecule has 1 N–H and O–H groups in total. The molecule has 22 heavy (non-hydrogen) atoms. The first-order valence-electron chi connectivity index (χ1n) is 7.62. The molecule has 3 heterocycles. The van der Waals surface area contributed by atoms with E-state index in [1.807, 2.05) is 24.4 Å². The molecule has 1 aliphatic carbocycles. The number of imidazole rings is 1. The summed E-state index contributed by atoms with van der Waals surface area (Å²) in [6, 6.07) is 4.84. The Hall–Kier alpha value is -2.37. The summed E-state index contributed by atoms with van der Waals surface area (Å²) in [5.41, 5.74) is 1.01. The predicted molar refractivity (Wildman–Crippen MR) is 78.5 cm³/mol. The topological polar surface area (TPSA) is 74.9 Å². The molecule has 0 spiro atoms. The van der Waals surface area contributed by atoms with Crippen molar-refractivity contribution < 1.29 is 14.7 Å². The van der Waals surface area contributed by atoms with Gasteiger partial charge < -0.3 is 14.4 Å². The number of carbonyl (C=O) groups excluding carboxylic acids is 1. The molecule has 0 bridgehead atoms. The second-order valence-corrected chi connectivity index (χ2v) is 6.19. The number of carboxylic acid groups (broad SMARTS) is 1. The van der Waals surface area contributed by atoms with Gasteiger partial charge in [0.25, 0.3) is 5.91 Å². The zero-order valence-electron chi connectivity index (χ0n) is 12.1. The minimum atomic E-state index is -0.897. The highest BCUT2D eigenvalue weighted by molar-refractivity contribution is 5.96. The number of aromatic nitrogens is 2. The van der Waals surface area contributed by atoms with Gasteiger partial charge in [-0.1, -0.05) is 12.5 Å². The lowest BCUT2D eigenvalue weighted by molar-refractivity contribution is -0.142. The average Bonchev–Trinajstić information content (AvgIpc) is 3.18. The van der Waals surface area contributed by atoms with Crippen LogP contribution in [0.5, 0.6) is 0 Å². The van der Waals surface area contributed by atoms with Crippen molar-refractivity contribution in [2.45, 2.75) is 25.3 Å². The molecular formula is C16H17N3O3. The van der Waals surface area contributed by atoms with Crippen molar-refractivity contribution in [1.82, 2.24) is 14.3 Å². The first kappa shape index (κ1) is 13.3. The number of carbonyl (C=O) groups is 2. The Morgan fingerprint density at radius 2 is 2.14 bits per heavy atom. The van der Waals surface area contributed by atoms with Gasteiger partial charge in [0.15, 0.2) is 0 Å². The SMILES string of the molecule is O=C(O)C1C2CCCC2CN1C(=O)c1cn2ccccc2n1. The molecule has 1 aliphatic heterocycles. The fourth-order valence-corrected chi connectivity index (χ4v) is 4.02. The molecule has 3 atom stereocenters. The van der Waals surface area contributed by atoms with Gasteiger partial charge in [-0.25, -0.2) is 9.78 Å². The highest BCUT2D eigenvalue weighted by Gasteiger charge is 2.49. The number of carboxylic acids is 1. The maximum absolute atomic E-state index is 12.7. The molecule has 3 unspecified atom stereocenters. The number of aliphatic carboxylic acids is 1. The molecule has 6 heteroatoms. The number of amides is 1. The molecule has 1 amide bonds. The Kier molecular flexibility index (Phi) is 2.92. The van der Waals surface area contributed by atoms with Gasteiger partial charge in [0.1, 0.15) is 17.4 Å². The largest absolute Gasteiger partial charge is 0.480 e. The summed E-state index contributed by atoms with van der Waals surface area (Å²) in [5.74, 6) is -0.752. The third-order valence-corrected chi connectivity index (χ3v) is 4.99. The molecule has 0 aromatic carbocycles. The number of nitrogens with zero attached hydrogens (tertiary/aromatic N) is 3. The highest BCUT2D eigenvalue weighted by Crippen LogP contribution is 2.42. The quantitative estimate of drug-likeness (QED) is 0.915. The first-order valence-corrected chi connectivity index (χ1v) is 7.62. The van der Waals surface area contributed by atoms with Gasteiger partial charge in [-0.15, -0.1) is 0 Å². The van der Waals surface area contributed by atoms with Crippen LogP contribution < -0.4 is 0 Å². The average molecular weight is 299 g/mol. The molecule has 0 radical (unpaired) electrons. The van der Waals surface area contributed by atoms with E-state index in [1.165, 1.54) is 4.90 Å². The van der Waals surface area contributed by atoms with Gasteiger partial charge in [-0.05, 0) is 36.8 Å². The minimum Gasteiger partial charge on any atom is -0.480 e. The van der Waals surface area contributed by atoms with Crippen LogP contribution in [0.2, 0.25) is 0 Å². The van der Waals surface area contributed by atoms with E-state index in [-0.39, 0.29) is 11.8 Å². The van der Waals surface area contributed by atoms with E-state index in [1.54, 1.807) is 10.6 Å². The van der Waals surface area contributed by atoms with E-state index in [0.717, 1.165) is 19.3 Å². The van der Waals surface area contributed by atoms with Crippen LogP contribution in [0.4, 0.5) is 0 Å². The zero-order valence-corrected chi connectivity index (χ0v) is 12.1. The van der Waals surface area contributed by atoms with Crippen LogP contribution in [0.1, 0.15) is 29.8 Å². The Labute approximate surface area is 127 Å². The van der Waals surface area contributed by atoms with Crippen LogP contribution in [0.3, 0.4) is 0 Å². The van der Waals surface area contributed by atoms with Gasteiger partial charge in [-0.3, -0.25) is 4.79 Å². The molecule has 1 saturated carbocycles. The van der Waals surface area contributed by atoms with Gasteiger partial charge in [0.05, 0.1) is 0 Å². The Bertz CT molecular complexity index is 721. The van der Waals surface area contributed by atoms with Gasteiger partial charge >= 0.3 is 5.97 Å². The van der Waals surface area contributed by atoms with Gasteiger partial charge in [0.2, 0.25) is 0 Å². The Morgan fingerprint density at radius 1 is 1.27 bits per heavy atom. The zero-order chi connectivity index (χ0) is 15.3. The molecule has 2 fully saturated rings. The van der Waals surface area contributed by atoms with E-state index >= 15 is 0 Å². The van der Waals surface area contributed by atoms with Crippen molar-refractivity contribution in [2.75, 3.05) is 6.54 Å². The second kappa shape index (κ2) is 4.83. The number of likely N-dealkylation sites (tertiary alicyclic amines) is 1. The van der Waals surface area contributed by atoms with Crippen LogP contribution in [0.25, 0.3) is 5.65 Å². The van der Waals surface area contributed by atoms with E-state index in [0.29, 0.717) is 23.8 Å². The van der Waals surface area contributed by atoms with Gasteiger partial charge in [0, 0.05) is 18.9 Å². The van der Waals surface area contributed by atoms with Crippen LogP contribution in [-0.2, 0) is 4.79 Å². The Balaban J connectivity index is 1.68. The summed E-state index contributed by atoms with van der Waals surface area (Å²) in [6.07, 6.45) is 6.48. The number of rotatable bonds is 2. The maximum atomic E-state index is 12.7. The van der Waals surface area contributed by atoms with Gasteiger partial charge in [-0.2, -0.15) is 0 Å².